The maximum atomic E-state index is 11.4. The lowest BCUT2D eigenvalue weighted by Crippen LogP contribution is -2.48. The van der Waals surface area contributed by atoms with E-state index < -0.39 is 17.7 Å². The van der Waals surface area contributed by atoms with Crippen molar-refractivity contribution in [1.82, 2.24) is 19.9 Å². The number of thiazole rings is 1. The predicted octanol–water partition coefficient (Wildman–Crippen LogP) is 4.50. The van der Waals surface area contributed by atoms with Crippen LogP contribution >= 0.6 is 11.3 Å². The highest BCUT2D eigenvalue weighted by molar-refractivity contribution is 7.21. The fourth-order valence-electron chi connectivity index (χ4n) is 5.08. The quantitative estimate of drug-likeness (QED) is 0.207. The minimum atomic E-state index is -1.64. The first kappa shape index (κ1) is 26.4. The Morgan fingerprint density at radius 2 is 1.84 bits per heavy atom. The third kappa shape index (κ3) is 4.96. The summed E-state index contributed by atoms with van der Waals surface area (Å²) in [5, 5.41) is 39.2. The normalized spacial score (nSPS) is 22.1. The highest BCUT2D eigenvalue weighted by Gasteiger charge is 2.47. The van der Waals surface area contributed by atoms with E-state index in [9.17, 15) is 15.3 Å². The summed E-state index contributed by atoms with van der Waals surface area (Å²) in [5.74, 6) is 0.372. The summed E-state index contributed by atoms with van der Waals surface area (Å²) in [6.07, 6.45) is 2.20. The molecule has 1 aliphatic rings. The van der Waals surface area contributed by atoms with E-state index in [2.05, 4.69) is 53.7 Å². The van der Waals surface area contributed by atoms with Gasteiger partial charge in [0.2, 0.25) is 5.95 Å². The first-order valence-corrected chi connectivity index (χ1v) is 13.8. The molecule has 1 fully saturated rings. The van der Waals surface area contributed by atoms with E-state index in [0.717, 1.165) is 27.9 Å². The van der Waals surface area contributed by atoms with Gasteiger partial charge in [-0.25, -0.2) is 9.97 Å². The molecule has 3 heterocycles. The monoisotopic (exact) mass is 534 g/mol. The second kappa shape index (κ2) is 10.5. The highest BCUT2D eigenvalue weighted by Crippen LogP contribution is 2.41. The number of aliphatic hydroxyl groups is 3. The van der Waals surface area contributed by atoms with Crippen molar-refractivity contribution in [1.29, 1.82) is 0 Å². The van der Waals surface area contributed by atoms with Crippen molar-refractivity contribution in [3.8, 4) is 10.6 Å². The molecule has 5 rings (SSSR count). The molecule has 4 atom stereocenters. The van der Waals surface area contributed by atoms with Gasteiger partial charge >= 0.3 is 0 Å². The van der Waals surface area contributed by atoms with E-state index in [1.807, 2.05) is 19.9 Å². The van der Waals surface area contributed by atoms with Gasteiger partial charge in [-0.15, -0.1) is 11.3 Å². The van der Waals surface area contributed by atoms with Gasteiger partial charge in [0.05, 0.1) is 27.7 Å². The molecular formula is C28H34N6O3S. The smallest absolute Gasteiger partial charge is 0.225 e. The number of hydrogen-bond acceptors (Lipinski definition) is 10. The van der Waals surface area contributed by atoms with Crippen LogP contribution in [0.1, 0.15) is 54.7 Å². The number of rotatable bonds is 8. The Kier molecular flexibility index (Phi) is 7.32. The van der Waals surface area contributed by atoms with Crippen molar-refractivity contribution in [2.75, 3.05) is 17.2 Å². The molecule has 9 nitrogen and oxygen atoms in total. The Balaban J connectivity index is 1.58. The van der Waals surface area contributed by atoms with Gasteiger partial charge in [0, 0.05) is 18.7 Å². The largest absolute Gasteiger partial charge is 0.396 e. The molecule has 0 amide bonds. The lowest BCUT2D eigenvalue weighted by Gasteiger charge is -2.31. The van der Waals surface area contributed by atoms with Crippen LogP contribution in [0.4, 0.5) is 11.8 Å². The number of aromatic nitrogens is 4. The fraction of sp³-hybridized carbons (Fsp3) is 0.429. The molecule has 0 saturated heterocycles. The first-order valence-electron chi connectivity index (χ1n) is 13.0. The van der Waals surface area contributed by atoms with Crippen LogP contribution in [-0.4, -0.2) is 53.7 Å². The maximum Gasteiger partial charge on any atom is 0.225 e. The summed E-state index contributed by atoms with van der Waals surface area (Å²) < 4.78 is 0.991. The number of benzene rings is 1. The number of nitrogens with zero attached hydrogens (tertiary/aromatic N) is 4. The molecule has 10 heteroatoms. The van der Waals surface area contributed by atoms with Crippen LogP contribution < -0.4 is 10.6 Å². The van der Waals surface area contributed by atoms with Crippen LogP contribution in [0.15, 0.2) is 36.5 Å². The van der Waals surface area contributed by atoms with Gasteiger partial charge in [-0.1, -0.05) is 36.8 Å². The zero-order valence-corrected chi connectivity index (χ0v) is 22.9. The van der Waals surface area contributed by atoms with Gasteiger partial charge in [0.15, 0.2) is 5.72 Å². The molecule has 0 radical (unpaired) electrons. The van der Waals surface area contributed by atoms with E-state index in [1.165, 1.54) is 16.9 Å². The molecule has 0 spiro atoms. The molecule has 4 aromatic rings. The summed E-state index contributed by atoms with van der Waals surface area (Å²) >= 11 is 1.50. The molecular weight excluding hydrogens is 500 g/mol. The molecule has 38 heavy (non-hydrogen) atoms. The van der Waals surface area contributed by atoms with Gasteiger partial charge in [-0.05, 0) is 51.7 Å². The van der Waals surface area contributed by atoms with Crippen LogP contribution in [0.25, 0.3) is 20.8 Å². The fourth-order valence-corrected chi connectivity index (χ4v) is 6.19. The average molecular weight is 535 g/mol. The van der Waals surface area contributed by atoms with E-state index in [1.54, 1.807) is 6.20 Å². The van der Waals surface area contributed by atoms with E-state index in [4.69, 9.17) is 15.0 Å². The predicted molar refractivity (Wildman–Crippen MR) is 150 cm³/mol. The molecule has 1 aromatic carbocycles. The summed E-state index contributed by atoms with van der Waals surface area (Å²) in [6.45, 7) is 7.77. The Hall–Kier alpha value is -3.18. The number of hydrogen-bond donors (Lipinski definition) is 5. The van der Waals surface area contributed by atoms with Crippen LogP contribution in [0.2, 0.25) is 0 Å². The van der Waals surface area contributed by atoms with E-state index >= 15 is 0 Å². The summed E-state index contributed by atoms with van der Waals surface area (Å²) in [6, 6.07) is 10.3. The number of fused-ring (bicyclic) bond motifs is 1. The number of pyridine rings is 1. The van der Waals surface area contributed by atoms with E-state index in [-0.39, 0.29) is 19.1 Å². The molecule has 1 saturated carbocycles. The van der Waals surface area contributed by atoms with Crippen LogP contribution in [0.3, 0.4) is 0 Å². The lowest BCUT2D eigenvalue weighted by molar-refractivity contribution is -0.0545. The lowest BCUT2D eigenvalue weighted by atomic mass is 10.0. The molecule has 4 unspecified atom stereocenters. The van der Waals surface area contributed by atoms with Crippen molar-refractivity contribution < 1.29 is 15.3 Å². The third-order valence-electron chi connectivity index (χ3n) is 7.39. The zero-order chi connectivity index (χ0) is 27.0. The third-order valence-corrected chi connectivity index (χ3v) is 8.42. The van der Waals surface area contributed by atoms with Gasteiger partial charge in [-0.2, -0.15) is 4.98 Å². The van der Waals surface area contributed by atoms with Crippen LogP contribution in [0, 0.1) is 26.7 Å². The van der Waals surface area contributed by atoms with Gasteiger partial charge in [0.1, 0.15) is 22.4 Å². The van der Waals surface area contributed by atoms with Crippen molar-refractivity contribution in [2.24, 2.45) is 5.92 Å². The van der Waals surface area contributed by atoms with Crippen molar-refractivity contribution in [3.63, 3.8) is 0 Å². The zero-order valence-electron chi connectivity index (χ0n) is 22.1. The Labute approximate surface area is 226 Å². The molecule has 0 aliphatic heterocycles. The molecule has 1 aliphatic carbocycles. The number of aliphatic hydroxyl groups excluding tert-OH is 2. The molecule has 0 bridgehead atoms. The average Bonchev–Trinajstić information content (AvgIpc) is 3.44. The highest BCUT2D eigenvalue weighted by atomic mass is 32.1. The van der Waals surface area contributed by atoms with Gasteiger partial charge < -0.3 is 26.0 Å². The van der Waals surface area contributed by atoms with Crippen LogP contribution in [0.5, 0.6) is 0 Å². The SMILES string of the molecule is CCC(Nc1nc(C)c(-c2nc3c(C)nccc3s2)c(NC2(O)CCC(CO)C2O)n1)c1ccc(C)cc1. The van der Waals surface area contributed by atoms with Crippen molar-refractivity contribution in [3.05, 3.63) is 59.0 Å². The topological polar surface area (TPSA) is 136 Å². The molecule has 3 aromatic heterocycles. The van der Waals surface area contributed by atoms with Crippen LogP contribution in [-0.2, 0) is 0 Å². The summed E-state index contributed by atoms with van der Waals surface area (Å²) in [5.41, 5.74) is 3.66. The minimum absolute atomic E-state index is 0.0104. The maximum absolute atomic E-state index is 11.4. The second-order valence-corrected chi connectivity index (χ2v) is 11.1. The number of anilines is 2. The first-order chi connectivity index (χ1) is 18.2. The Morgan fingerprint density at radius 1 is 1.08 bits per heavy atom. The summed E-state index contributed by atoms with van der Waals surface area (Å²) in [4.78, 5) is 18.8. The van der Waals surface area contributed by atoms with Crippen molar-refractivity contribution >= 4 is 33.3 Å². The van der Waals surface area contributed by atoms with E-state index in [0.29, 0.717) is 34.5 Å². The van der Waals surface area contributed by atoms with Crippen molar-refractivity contribution in [2.45, 2.75) is 64.8 Å². The molecule has 5 N–H and O–H groups in total. The number of aryl methyl sites for hydroxylation is 3. The van der Waals surface area contributed by atoms with Gasteiger partial charge in [-0.3, -0.25) is 4.98 Å². The standard InChI is InChI=1S/C28H34N6O3S/c1-5-20(18-8-6-15(2)7-9-18)31-27-30-16(3)22(26-32-23-17(4)29-13-11-21(23)38-26)25(33-27)34-28(37)12-10-19(14-35)24(28)36/h6-9,11,13,19-20,24,35-37H,5,10,12,14H2,1-4H3,(H2,30,31,33,34). The Morgan fingerprint density at radius 3 is 2.50 bits per heavy atom. The Bertz CT molecular complexity index is 1440. The number of nitrogens with one attached hydrogen (secondary N) is 2. The second-order valence-electron chi connectivity index (χ2n) is 10.1. The van der Waals surface area contributed by atoms with Gasteiger partial charge in [0.25, 0.3) is 0 Å². The molecule has 200 valence electrons. The summed E-state index contributed by atoms with van der Waals surface area (Å²) in [7, 11) is 0. The minimum Gasteiger partial charge on any atom is -0.396 e.